The molecule has 106 valence electrons. The molecule has 2 aromatic rings. The molecule has 0 aliphatic rings. The van der Waals surface area contributed by atoms with Crippen molar-refractivity contribution in [1.29, 1.82) is 0 Å². The lowest BCUT2D eigenvalue weighted by atomic mass is 9.92. The first-order chi connectivity index (χ1) is 9.56. The zero-order valence-electron chi connectivity index (χ0n) is 11.4. The number of rotatable bonds is 5. The maximum Gasteiger partial charge on any atom is 0.374 e. The van der Waals surface area contributed by atoms with Gasteiger partial charge < -0.3 is 9.63 Å². The Hall–Kier alpha value is -2.17. The Morgan fingerprint density at radius 1 is 1.35 bits per heavy atom. The second kappa shape index (κ2) is 5.86. The van der Waals surface area contributed by atoms with Gasteiger partial charge in [-0.05, 0) is 30.4 Å². The Balaban J connectivity index is 2.34. The lowest BCUT2D eigenvalue weighted by Gasteiger charge is -2.14. The fourth-order valence-corrected chi connectivity index (χ4v) is 2.26. The van der Waals surface area contributed by atoms with Crippen LogP contribution in [-0.2, 0) is 0 Å². The molecule has 0 amide bonds. The van der Waals surface area contributed by atoms with Crippen LogP contribution in [0.4, 0.5) is 4.39 Å². The summed E-state index contributed by atoms with van der Waals surface area (Å²) in [6.07, 6.45) is 1.75. The third-order valence-electron chi connectivity index (χ3n) is 3.44. The summed E-state index contributed by atoms with van der Waals surface area (Å²) in [7, 11) is 0. The number of carbonyl (C=O) groups is 1. The van der Waals surface area contributed by atoms with E-state index >= 15 is 0 Å². The van der Waals surface area contributed by atoms with E-state index < -0.39 is 5.97 Å². The van der Waals surface area contributed by atoms with Gasteiger partial charge in [-0.3, -0.25) is 0 Å². The van der Waals surface area contributed by atoms with Crippen LogP contribution in [0.3, 0.4) is 0 Å². The number of aromatic carboxylic acids is 1. The number of benzene rings is 1. The molecule has 0 aliphatic carbocycles. The van der Waals surface area contributed by atoms with E-state index in [-0.39, 0.29) is 17.5 Å². The highest BCUT2D eigenvalue weighted by Crippen LogP contribution is 2.29. The zero-order chi connectivity index (χ0) is 14.7. The number of hydrogen-bond acceptors (Lipinski definition) is 3. The van der Waals surface area contributed by atoms with Gasteiger partial charge in [-0.2, -0.15) is 0 Å². The third kappa shape index (κ3) is 2.71. The minimum Gasteiger partial charge on any atom is -0.475 e. The first-order valence-electron chi connectivity index (χ1n) is 6.56. The summed E-state index contributed by atoms with van der Waals surface area (Å²) < 4.78 is 18.8. The van der Waals surface area contributed by atoms with Crippen LogP contribution in [0.25, 0.3) is 11.3 Å². The Morgan fingerprint density at radius 3 is 2.55 bits per heavy atom. The molecule has 0 bridgehead atoms. The van der Waals surface area contributed by atoms with E-state index in [4.69, 9.17) is 5.11 Å². The number of carboxylic acids is 1. The zero-order valence-corrected chi connectivity index (χ0v) is 11.4. The number of carboxylic acid groups (broad SMARTS) is 1. The molecule has 0 atom stereocenters. The van der Waals surface area contributed by atoms with Crippen molar-refractivity contribution in [1.82, 2.24) is 5.16 Å². The van der Waals surface area contributed by atoms with Gasteiger partial charge in [0.15, 0.2) is 0 Å². The van der Waals surface area contributed by atoms with Crippen LogP contribution < -0.4 is 0 Å². The first-order valence-corrected chi connectivity index (χ1v) is 6.56. The third-order valence-corrected chi connectivity index (χ3v) is 3.44. The Labute approximate surface area is 116 Å². The summed E-state index contributed by atoms with van der Waals surface area (Å²) >= 11 is 0. The van der Waals surface area contributed by atoms with Gasteiger partial charge in [0.1, 0.15) is 11.5 Å². The topological polar surface area (TPSA) is 63.3 Å². The molecule has 0 saturated carbocycles. The summed E-state index contributed by atoms with van der Waals surface area (Å²) in [6, 6.07) is 6.13. The van der Waals surface area contributed by atoms with Crippen LogP contribution in [0.15, 0.2) is 28.8 Å². The second-order valence-corrected chi connectivity index (χ2v) is 4.63. The number of nitrogens with zero attached hydrogens (tertiary/aromatic N) is 1. The van der Waals surface area contributed by atoms with Gasteiger partial charge in [0.2, 0.25) is 5.76 Å². The predicted octanol–water partition coefficient (Wildman–Crippen LogP) is 4.08. The molecule has 1 aromatic carbocycles. The molecule has 0 spiro atoms. The fraction of sp³-hybridized carbons (Fsp3) is 0.333. The molecule has 0 unspecified atom stereocenters. The van der Waals surface area contributed by atoms with Crippen molar-refractivity contribution in [2.24, 2.45) is 0 Å². The lowest BCUT2D eigenvalue weighted by Crippen LogP contribution is -1.99. The van der Waals surface area contributed by atoms with Gasteiger partial charge in [0.05, 0.1) is 0 Å². The van der Waals surface area contributed by atoms with Crippen LogP contribution >= 0.6 is 0 Å². The van der Waals surface area contributed by atoms with E-state index in [9.17, 15) is 9.18 Å². The van der Waals surface area contributed by atoms with Crippen LogP contribution in [0.2, 0.25) is 0 Å². The molecule has 1 aromatic heterocycles. The van der Waals surface area contributed by atoms with E-state index in [1.165, 1.54) is 12.1 Å². The van der Waals surface area contributed by atoms with E-state index in [1.807, 2.05) is 13.8 Å². The molecule has 0 radical (unpaired) electrons. The summed E-state index contributed by atoms with van der Waals surface area (Å²) in [5.74, 6) is -1.56. The summed E-state index contributed by atoms with van der Waals surface area (Å²) in [6.45, 7) is 4.05. The molecule has 20 heavy (non-hydrogen) atoms. The highest BCUT2D eigenvalue weighted by atomic mass is 19.1. The molecule has 0 aliphatic heterocycles. The van der Waals surface area contributed by atoms with Gasteiger partial charge in [-0.25, -0.2) is 9.18 Å². The molecular formula is C15H16FNO3. The standard InChI is InChI=1S/C15H16FNO3/c1-3-9(4-2)11-6-5-10(7-12(11)16)13-8-14(15(18)19)20-17-13/h5-9H,3-4H2,1-2H3,(H,18,19). The molecule has 0 fully saturated rings. The Morgan fingerprint density at radius 2 is 2.05 bits per heavy atom. The molecule has 1 heterocycles. The van der Waals surface area contributed by atoms with Gasteiger partial charge in [-0.1, -0.05) is 31.1 Å². The Kier molecular flexibility index (Phi) is 4.17. The van der Waals surface area contributed by atoms with E-state index in [0.29, 0.717) is 16.8 Å². The smallest absolute Gasteiger partial charge is 0.374 e. The predicted molar refractivity (Wildman–Crippen MR) is 72.2 cm³/mol. The second-order valence-electron chi connectivity index (χ2n) is 4.63. The van der Waals surface area contributed by atoms with Gasteiger partial charge in [-0.15, -0.1) is 0 Å². The molecular weight excluding hydrogens is 261 g/mol. The van der Waals surface area contributed by atoms with Gasteiger partial charge >= 0.3 is 5.97 Å². The molecule has 0 saturated heterocycles. The van der Waals surface area contributed by atoms with E-state index in [0.717, 1.165) is 12.8 Å². The minimum atomic E-state index is -1.20. The molecule has 1 N–H and O–H groups in total. The maximum absolute atomic E-state index is 14.2. The Bertz CT molecular complexity index is 617. The van der Waals surface area contributed by atoms with Crippen molar-refractivity contribution in [3.63, 3.8) is 0 Å². The van der Waals surface area contributed by atoms with Crippen molar-refractivity contribution in [3.05, 3.63) is 41.4 Å². The minimum absolute atomic E-state index is 0.191. The van der Waals surface area contributed by atoms with Crippen molar-refractivity contribution >= 4 is 5.97 Å². The van der Waals surface area contributed by atoms with Gasteiger partial charge in [0, 0.05) is 11.6 Å². The fourth-order valence-electron chi connectivity index (χ4n) is 2.26. The molecule has 4 nitrogen and oxygen atoms in total. The van der Waals surface area contributed by atoms with Crippen LogP contribution in [-0.4, -0.2) is 16.2 Å². The maximum atomic E-state index is 14.2. The number of hydrogen-bond donors (Lipinski definition) is 1. The van der Waals surface area contributed by atoms with Crippen LogP contribution in [0.1, 0.15) is 48.7 Å². The quantitative estimate of drug-likeness (QED) is 0.894. The van der Waals surface area contributed by atoms with Crippen LogP contribution in [0, 0.1) is 5.82 Å². The summed E-state index contributed by atoms with van der Waals surface area (Å²) in [5.41, 5.74) is 1.51. The normalized spacial score (nSPS) is 11.0. The van der Waals surface area contributed by atoms with Crippen molar-refractivity contribution in [3.8, 4) is 11.3 Å². The summed E-state index contributed by atoms with van der Waals surface area (Å²) in [5, 5.41) is 12.4. The van der Waals surface area contributed by atoms with E-state index in [2.05, 4.69) is 9.68 Å². The van der Waals surface area contributed by atoms with E-state index in [1.54, 1.807) is 12.1 Å². The number of halogens is 1. The van der Waals surface area contributed by atoms with Crippen molar-refractivity contribution < 1.29 is 18.8 Å². The first kappa shape index (κ1) is 14.2. The average Bonchev–Trinajstić information content (AvgIpc) is 2.91. The SMILES string of the molecule is CCC(CC)c1ccc(-c2cc(C(=O)O)on2)cc1F. The average molecular weight is 277 g/mol. The van der Waals surface area contributed by atoms with Crippen molar-refractivity contribution in [2.75, 3.05) is 0 Å². The summed E-state index contributed by atoms with van der Waals surface area (Å²) in [4.78, 5) is 10.7. The molecule has 5 heteroatoms. The monoisotopic (exact) mass is 277 g/mol. The van der Waals surface area contributed by atoms with Gasteiger partial charge in [0.25, 0.3) is 0 Å². The highest BCUT2D eigenvalue weighted by Gasteiger charge is 2.16. The molecule has 2 rings (SSSR count). The highest BCUT2D eigenvalue weighted by molar-refractivity contribution is 5.85. The largest absolute Gasteiger partial charge is 0.475 e. The lowest BCUT2D eigenvalue weighted by molar-refractivity contribution is 0.0652. The number of aromatic nitrogens is 1. The van der Waals surface area contributed by atoms with Crippen molar-refractivity contribution in [2.45, 2.75) is 32.6 Å². The van der Waals surface area contributed by atoms with Crippen LogP contribution in [0.5, 0.6) is 0 Å².